The van der Waals surface area contributed by atoms with Crippen molar-refractivity contribution >= 4 is 33.5 Å². The van der Waals surface area contributed by atoms with Crippen LogP contribution in [0.15, 0.2) is 43.1 Å². The molecule has 0 aromatic carbocycles. The highest BCUT2D eigenvalue weighted by atomic mass is 79.9. The third-order valence-corrected chi connectivity index (χ3v) is 6.45. The number of carbonyl (C=O) groups is 1. The van der Waals surface area contributed by atoms with Crippen LogP contribution in [0.3, 0.4) is 0 Å². The van der Waals surface area contributed by atoms with E-state index in [2.05, 4.69) is 35.1 Å². The Balaban J connectivity index is 1.87. The molecule has 4 rings (SSSR count). The van der Waals surface area contributed by atoms with Gasteiger partial charge in [-0.2, -0.15) is 0 Å². The summed E-state index contributed by atoms with van der Waals surface area (Å²) in [7, 11) is 0. The summed E-state index contributed by atoms with van der Waals surface area (Å²) < 4.78 is 6.57. The highest BCUT2D eigenvalue weighted by Gasteiger charge is 2.45. The van der Waals surface area contributed by atoms with Crippen LogP contribution in [0.25, 0.3) is 0 Å². The van der Waals surface area contributed by atoms with Crippen LogP contribution in [-0.2, 0) is 4.79 Å². The van der Waals surface area contributed by atoms with Gasteiger partial charge >= 0.3 is 0 Å². The van der Waals surface area contributed by atoms with Crippen LogP contribution < -0.4 is 5.32 Å². The van der Waals surface area contributed by atoms with E-state index >= 15 is 0 Å². The van der Waals surface area contributed by atoms with Crippen molar-refractivity contribution in [1.82, 2.24) is 5.32 Å². The van der Waals surface area contributed by atoms with Gasteiger partial charge in [0.15, 0.2) is 10.5 Å². The fourth-order valence-electron chi connectivity index (χ4n) is 3.55. The van der Waals surface area contributed by atoms with Crippen LogP contribution in [0, 0.1) is 5.41 Å². The van der Waals surface area contributed by atoms with Gasteiger partial charge in [0, 0.05) is 33.0 Å². The van der Waals surface area contributed by atoms with E-state index in [0.717, 1.165) is 46.7 Å². The van der Waals surface area contributed by atoms with E-state index < -0.39 is 0 Å². The Morgan fingerprint density at radius 1 is 1.32 bits per heavy atom. The summed E-state index contributed by atoms with van der Waals surface area (Å²) in [6.07, 6.45) is 2.89. The molecule has 1 aromatic heterocycles. The Hall–Kier alpha value is -0.940. The summed E-state index contributed by atoms with van der Waals surface area (Å²) in [5.74, 6) is 2.18. The lowest BCUT2D eigenvalue weighted by Crippen LogP contribution is -2.38. The molecule has 3 nitrogen and oxygen atoms in total. The second-order valence-electron chi connectivity index (χ2n) is 6.75. The maximum Gasteiger partial charge on any atom is 0.169 e. The molecular formula is C17H18BrNO2S. The van der Waals surface area contributed by atoms with Crippen LogP contribution in [0.2, 0.25) is 0 Å². The van der Waals surface area contributed by atoms with Crippen molar-refractivity contribution in [1.29, 1.82) is 0 Å². The Morgan fingerprint density at radius 3 is 2.86 bits per heavy atom. The molecule has 1 aliphatic carbocycles. The van der Waals surface area contributed by atoms with Crippen molar-refractivity contribution in [2.24, 2.45) is 5.41 Å². The molecule has 3 aliphatic rings. The minimum atomic E-state index is -0.288. The second-order valence-corrected chi connectivity index (χ2v) is 8.66. The number of rotatable bonds is 1. The van der Waals surface area contributed by atoms with Gasteiger partial charge in [-0.3, -0.25) is 4.79 Å². The summed E-state index contributed by atoms with van der Waals surface area (Å²) in [6, 6.07) is 3.90. The average Bonchev–Trinajstić information content (AvgIpc) is 3.10. The monoisotopic (exact) mass is 379 g/mol. The van der Waals surface area contributed by atoms with Gasteiger partial charge in [-0.15, -0.1) is 11.8 Å². The molecule has 3 heterocycles. The molecule has 2 aliphatic heterocycles. The lowest BCUT2D eigenvalue weighted by Gasteiger charge is -2.38. The van der Waals surface area contributed by atoms with Crippen LogP contribution in [-0.4, -0.2) is 11.5 Å². The number of ketones is 1. The Labute approximate surface area is 142 Å². The van der Waals surface area contributed by atoms with E-state index in [9.17, 15) is 4.79 Å². The first kappa shape index (κ1) is 14.6. The van der Waals surface area contributed by atoms with Crippen molar-refractivity contribution in [3.8, 4) is 0 Å². The predicted molar refractivity (Wildman–Crippen MR) is 91.4 cm³/mol. The standard InChI is InChI=1S/C17H18BrNO2S/c1-17(2)7-5-9-13(16(17)20)14(11-3-4-12(18)21-11)15-10(19-9)6-8-22-15/h3-4,14,19H,5-8H2,1-2H3. The third kappa shape index (κ3) is 2.13. The zero-order chi connectivity index (χ0) is 15.5. The molecule has 1 unspecified atom stereocenters. The number of dihydropyridines is 1. The number of hydrogen-bond donors (Lipinski definition) is 1. The largest absolute Gasteiger partial charge is 0.453 e. The summed E-state index contributed by atoms with van der Waals surface area (Å²) in [4.78, 5) is 14.3. The molecular weight excluding hydrogens is 362 g/mol. The molecule has 1 aromatic rings. The van der Waals surface area contributed by atoms with Crippen molar-refractivity contribution in [2.45, 2.75) is 39.0 Å². The Morgan fingerprint density at radius 2 is 2.14 bits per heavy atom. The van der Waals surface area contributed by atoms with Gasteiger partial charge in [-0.1, -0.05) is 13.8 Å². The average molecular weight is 380 g/mol. The minimum Gasteiger partial charge on any atom is -0.453 e. The molecule has 0 bridgehead atoms. The number of allylic oxidation sites excluding steroid dienone is 4. The van der Waals surface area contributed by atoms with Crippen LogP contribution >= 0.6 is 27.7 Å². The highest BCUT2D eigenvalue weighted by molar-refractivity contribution is 9.10. The van der Waals surface area contributed by atoms with Crippen molar-refractivity contribution < 1.29 is 9.21 Å². The molecule has 116 valence electrons. The summed E-state index contributed by atoms with van der Waals surface area (Å²) in [5.41, 5.74) is 3.03. The molecule has 0 fully saturated rings. The zero-order valence-corrected chi connectivity index (χ0v) is 15.1. The second kappa shape index (κ2) is 5.03. The van der Waals surface area contributed by atoms with Crippen LogP contribution in [0.5, 0.6) is 0 Å². The van der Waals surface area contributed by atoms with Crippen molar-refractivity contribution in [3.63, 3.8) is 0 Å². The van der Waals surface area contributed by atoms with Crippen molar-refractivity contribution in [2.75, 3.05) is 5.75 Å². The first-order valence-electron chi connectivity index (χ1n) is 7.63. The van der Waals surface area contributed by atoms with Gasteiger partial charge in [-0.25, -0.2) is 0 Å². The number of furan rings is 1. The molecule has 0 spiro atoms. The minimum absolute atomic E-state index is 0.0304. The molecule has 0 saturated carbocycles. The number of Topliss-reactive ketones (excluding diaryl/α,β-unsaturated/α-hetero) is 1. The smallest absolute Gasteiger partial charge is 0.169 e. The van der Waals surface area contributed by atoms with Crippen LogP contribution in [0.1, 0.15) is 44.8 Å². The fraction of sp³-hybridized carbons (Fsp3) is 0.471. The maximum atomic E-state index is 13.1. The third-order valence-electron chi connectivity index (χ3n) is 4.82. The summed E-state index contributed by atoms with van der Waals surface area (Å²) in [6.45, 7) is 4.11. The zero-order valence-electron chi connectivity index (χ0n) is 12.7. The molecule has 0 saturated heterocycles. The fourth-order valence-corrected chi connectivity index (χ4v) is 5.12. The number of hydrogen-bond acceptors (Lipinski definition) is 4. The lowest BCUT2D eigenvalue weighted by atomic mass is 9.70. The number of thioether (sulfide) groups is 1. The first-order valence-corrected chi connectivity index (χ1v) is 9.41. The van der Waals surface area contributed by atoms with Gasteiger partial charge < -0.3 is 9.73 Å². The molecule has 5 heteroatoms. The predicted octanol–water partition coefficient (Wildman–Crippen LogP) is 4.72. The quantitative estimate of drug-likeness (QED) is 0.766. The normalized spacial score (nSPS) is 26.9. The Kier molecular flexibility index (Phi) is 3.35. The van der Waals surface area contributed by atoms with E-state index in [4.69, 9.17) is 4.42 Å². The van der Waals surface area contributed by atoms with Crippen LogP contribution in [0.4, 0.5) is 0 Å². The van der Waals surface area contributed by atoms with E-state index in [1.807, 2.05) is 23.9 Å². The van der Waals surface area contributed by atoms with Gasteiger partial charge in [0.05, 0.1) is 5.92 Å². The SMILES string of the molecule is CC1(C)CCC2=C(C1=O)C(c1ccc(Br)o1)C1=C(CCS1)N2. The summed E-state index contributed by atoms with van der Waals surface area (Å²) >= 11 is 5.24. The Bertz CT molecular complexity index is 729. The van der Waals surface area contributed by atoms with E-state index in [0.29, 0.717) is 0 Å². The van der Waals surface area contributed by atoms with Crippen molar-refractivity contribution in [3.05, 3.63) is 44.4 Å². The van der Waals surface area contributed by atoms with Gasteiger partial charge in [0.1, 0.15) is 5.76 Å². The van der Waals surface area contributed by atoms with Gasteiger partial charge in [0.25, 0.3) is 0 Å². The molecule has 1 N–H and O–H groups in total. The molecule has 22 heavy (non-hydrogen) atoms. The van der Waals surface area contributed by atoms with E-state index in [-0.39, 0.29) is 17.1 Å². The lowest BCUT2D eigenvalue weighted by molar-refractivity contribution is -0.124. The number of carbonyl (C=O) groups excluding carboxylic acids is 1. The van der Waals surface area contributed by atoms with Gasteiger partial charge in [0.2, 0.25) is 0 Å². The number of nitrogens with one attached hydrogen (secondary N) is 1. The maximum absolute atomic E-state index is 13.1. The van der Waals surface area contributed by atoms with Gasteiger partial charge in [-0.05, 0) is 47.3 Å². The van der Waals surface area contributed by atoms with E-state index in [1.165, 1.54) is 10.6 Å². The molecule has 0 amide bonds. The van der Waals surface area contributed by atoms with E-state index in [1.54, 1.807) is 0 Å². The first-order chi connectivity index (χ1) is 10.5. The topological polar surface area (TPSA) is 42.2 Å². The molecule has 1 atom stereocenters. The highest BCUT2D eigenvalue weighted by Crippen LogP contribution is 2.52. The molecule has 0 radical (unpaired) electrons. The number of halogens is 1. The summed E-state index contributed by atoms with van der Waals surface area (Å²) in [5, 5.41) is 3.56.